The van der Waals surface area contributed by atoms with E-state index in [1.165, 1.54) is 33.9 Å². The lowest BCUT2D eigenvalue weighted by molar-refractivity contribution is -0.137. The Morgan fingerprint density at radius 3 is 2.45 bits per heavy atom. The summed E-state index contributed by atoms with van der Waals surface area (Å²) in [6.07, 6.45) is -6.52. The molecule has 2 aromatic carbocycles. The molecule has 1 saturated heterocycles. The highest BCUT2D eigenvalue weighted by molar-refractivity contribution is 8.18. The van der Waals surface area contributed by atoms with E-state index in [0.717, 1.165) is 12.1 Å². The number of benzene rings is 2. The van der Waals surface area contributed by atoms with Gasteiger partial charge < -0.3 is 4.74 Å². The number of alkyl halides is 3. The van der Waals surface area contributed by atoms with Gasteiger partial charge in [-0.1, -0.05) is 11.6 Å². The van der Waals surface area contributed by atoms with Crippen LogP contribution in [0.1, 0.15) is 15.9 Å². The van der Waals surface area contributed by atoms with E-state index in [1.807, 2.05) is 4.67 Å². The van der Waals surface area contributed by atoms with Gasteiger partial charge in [0.25, 0.3) is 5.91 Å². The average Bonchev–Trinajstić information content (AvgIpc) is 3.30. The zero-order valence-electron chi connectivity index (χ0n) is 16.9. The van der Waals surface area contributed by atoms with E-state index in [4.69, 9.17) is 28.1 Å². The van der Waals surface area contributed by atoms with Crippen molar-refractivity contribution in [3.05, 3.63) is 64.9 Å². The minimum atomic E-state index is -4.60. The molecular weight excluding hydrogens is 498 g/mol. The topological polar surface area (TPSA) is 63.5 Å². The average molecular weight is 514 g/mol. The summed E-state index contributed by atoms with van der Waals surface area (Å²) in [4.78, 5) is 18.2. The van der Waals surface area contributed by atoms with Gasteiger partial charge in [0.05, 0.1) is 30.2 Å². The van der Waals surface area contributed by atoms with Crippen LogP contribution < -0.4 is 10.2 Å². The number of nitrogens with zero attached hydrogens (tertiary/aromatic N) is 5. The van der Waals surface area contributed by atoms with E-state index in [9.17, 15) is 18.0 Å². The molecule has 172 valence electrons. The smallest absolute Gasteiger partial charge is 0.379 e. The number of carbonyl (C=O) groups excluding carboxylic acids is 1. The van der Waals surface area contributed by atoms with Crippen molar-refractivity contribution in [2.24, 2.45) is 0 Å². The zero-order valence-corrected chi connectivity index (χ0v) is 19.3. The minimum absolute atomic E-state index is 0.0394. The van der Waals surface area contributed by atoms with Gasteiger partial charge in [0.2, 0.25) is 0 Å². The molecule has 0 N–H and O–H groups in total. The number of morpholine rings is 1. The van der Waals surface area contributed by atoms with E-state index in [-0.39, 0.29) is 11.3 Å². The number of aromatic nitrogens is 3. The largest absolute Gasteiger partial charge is 0.416 e. The molecule has 3 heterocycles. The molecule has 7 nitrogen and oxygen atoms in total. The van der Waals surface area contributed by atoms with Gasteiger partial charge in [-0.3, -0.25) is 9.46 Å². The standard InChI is InChI=1S/C20H16ClF3N5O2PS/c21-15-4-1-13(2-5-15)18(30)29-17-11-14(20(22,23)24)3-6-16(17)28-19(25-12-26-28)32(29,33)27-7-9-31-10-8-27/h1-6,11-12H,7-10H2/t32-/m0/s1. The van der Waals surface area contributed by atoms with Crippen molar-refractivity contribution < 1.29 is 22.7 Å². The number of anilines is 1. The number of halogens is 4. The molecule has 33 heavy (non-hydrogen) atoms. The Hall–Kier alpha value is -2.30. The molecule has 1 aromatic heterocycles. The fourth-order valence-corrected chi connectivity index (χ4v) is 8.20. The van der Waals surface area contributed by atoms with Crippen LogP contribution in [0.4, 0.5) is 18.9 Å². The first-order valence-corrected chi connectivity index (χ1v) is 13.0. The quantitative estimate of drug-likeness (QED) is 0.485. The zero-order chi connectivity index (χ0) is 23.4. The second kappa shape index (κ2) is 8.18. The van der Waals surface area contributed by atoms with Crippen LogP contribution in [0.2, 0.25) is 5.02 Å². The van der Waals surface area contributed by atoms with Crippen LogP contribution >= 0.6 is 17.9 Å². The first-order valence-electron chi connectivity index (χ1n) is 9.87. The highest BCUT2D eigenvalue weighted by Gasteiger charge is 2.48. The predicted molar refractivity (Wildman–Crippen MR) is 121 cm³/mol. The molecule has 0 unspecified atom stereocenters. The van der Waals surface area contributed by atoms with Gasteiger partial charge >= 0.3 is 6.18 Å². The molecule has 1 fully saturated rings. The predicted octanol–water partition coefficient (Wildman–Crippen LogP) is 3.87. The van der Waals surface area contributed by atoms with Crippen molar-refractivity contribution >= 4 is 46.9 Å². The normalized spacial score (nSPS) is 20.9. The lowest BCUT2D eigenvalue weighted by Crippen LogP contribution is -2.49. The molecule has 5 rings (SSSR count). The van der Waals surface area contributed by atoms with Crippen LogP contribution in [0.5, 0.6) is 0 Å². The number of amides is 1. The van der Waals surface area contributed by atoms with Gasteiger partial charge in [0.1, 0.15) is 6.33 Å². The summed E-state index contributed by atoms with van der Waals surface area (Å²) >= 11 is 12.2. The number of hydrogen-bond donors (Lipinski definition) is 0. The van der Waals surface area contributed by atoms with Crippen LogP contribution in [0.3, 0.4) is 0 Å². The fraction of sp³-hybridized carbons (Fsp3) is 0.250. The Bertz CT molecular complexity index is 1280. The Morgan fingerprint density at radius 1 is 1.09 bits per heavy atom. The molecule has 0 aliphatic carbocycles. The molecule has 2 aliphatic rings. The Kier molecular flexibility index (Phi) is 5.57. The highest BCUT2D eigenvalue weighted by atomic mass is 35.5. The monoisotopic (exact) mass is 513 g/mol. The number of hydrogen-bond acceptors (Lipinski definition) is 5. The first-order chi connectivity index (χ1) is 15.7. The number of ether oxygens (including phenoxy) is 1. The summed E-state index contributed by atoms with van der Waals surface area (Å²) < 4.78 is 51.0. The summed E-state index contributed by atoms with van der Waals surface area (Å²) in [7, 11) is 0. The molecule has 3 aromatic rings. The van der Waals surface area contributed by atoms with Crippen LogP contribution in [0.25, 0.3) is 5.69 Å². The number of carbonyl (C=O) groups is 1. The maximum Gasteiger partial charge on any atom is 0.416 e. The number of rotatable bonds is 2. The lowest BCUT2D eigenvalue weighted by atomic mass is 10.1. The molecule has 0 radical (unpaired) electrons. The SMILES string of the molecule is O=C(c1ccc(Cl)cc1)N1c2cc(C(F)(F)F)ccc2-n2ncnc2[P@]1(=S)N1CCOCC1. The van der Waals surface area contributed by atoms with Gasteiger partial charge in [-0.25, -0.2) is 14.3 Å². The van der Waals surface area contributed by atoms with Gasteiger partial charge in [-0.2, -0.15) is 18.3 Å². The van der Waals surface area contributed by atoms with Crippen molar-refractivity contribution in [3.8, 4) is 5.69 Å². The molecule has 2 aliphatic heterocycles. The third-order valence-corrected chi connectivity index (χ3v) is 10.3. The molecule has 1 amide bonds. The van der Waals surface area contributed by atoms with Gasteiger partial charge in [0.15, 0.2) is 11.9 Å². The molecule has 0 saturated carbocycles. The second-order valence-electron chi connectivity index (χ2n) is 7.41. The van der Waals surface area contributed by atoms with E-state index in [2.05, 4.69) is 10.1 Å². The van der Waals surface area contributed by atoms with Crippen molar-refractivity contribution in [2.75, 3.05) is 31.0 Å². The van der Waals surface area contributed by atoms with Crippen LogP contribution in [-0.2, 0) is 22.7 Å². The second-order valence-corrected chi connectivity index (χ2v) is 11.8. The van der Waals surface area contributed by atoms with Crippen LogP contribution in [0, 0.1) is 0 Å². The molecular formula is C20H16ClF3N5O2PS. The Balaban J connectivity index is 1.77. The molecule has 13 heteroatoms. The van der Waals surface area contributed by atoms with Crippen molar-refractivity contribution in [2.45, 2.75) is 6.18 Å². The highest BCUT2D eigenvalue weighted by Crippen LogP contribution is 2.59. The molecule has 1 atom stereocenters. The molecule has 0 spiro atoms. The summed E-state index contributed by atoms with van der Waals surface area (Å²) in [5, 5.41) is 4.66. The van der Waals surface area contributed by atoms with E-state index >= 15 is 0 Å². The van der Waals surface area contributed by atoms with E-state index in [1.54, 1.807) is 12.1 Å². The van der Waals surface area contributed by atoms with Crippen LogP contribution in [-0.4, -0.2) is 51.6 Å². The van der Waals surface area contributed by atoms with Crippen LogP contribution in [0.15, 0.2) is 48.8 Å². The van der Waals surface area contributed by atoms with Gasteiger partial charge in [-0.05, 0) is 54.3 Å². The Labute approximate surface area is 196 Å². The Morgan fingerprint density at radius 2 is 1.79 bits per heavy atom. The third-order valence-electron chi connectivity index (χ3n) is 5.47. The third kappa shape index (κ3) is 3.68. The summed E-state index contributed by atoms with van der Waals surface area (Å²) in [5.74, 6) is -0.531. The summed E-state index contributed by atoms with van der Waals surface area (Å²) in [5.41, 5.74) is 0.0542. The summed E-state index contributed by atoms with van der Waals surface area (Å²) in [6.45, 7) is 1.57. The summed E-state index contributed by atoms with van der Waals surface area (Å²) in [6, 6.07) is 9.34. The van der Waals surface area contributed by atoms with Gasteiger partial charge in [-0.15, -0.1) is 0 Å². The first kappa shape index (κ1) is 22.5. The van der Waals surface area contributed by atoms with Crippen molar-refractivity contribution in [1.29, 1.82) is 0 Å². The van der Waals surface area contributed by atoms with Crippen molar-refractivity contribution in [3.63, 3.8) is 0 Å². The minimum Gasteiger partial charge on any atom is -0.379 e. The lowest BCUT2D eigenvalue weighted by Gasteiger charge is -2.46. The fourth-order valence-electron chi connectivity index (χ4n) is 3.91. The van der Waals surface area contributed by atoms with E-state index < -0.39 is 24.0 Å². The van der Waals surface area contributed by atoms with Gasteiger partial charge in [0, 0.05) is 23.7 Å². The molecule has 0 bridgehead atoms. The van der Waals surface area contributed by atoms with Crippen molar-refractivity contribution in [1.82, 2.24) is 19.4 Å². The van der Waals surface area contributed by atoms with E-state index in [0.29, 0.717) is 42.6 Å². The maximum atomic E-state index is 13.9. The maximum absolute atomic E-state index is 13.9. The number of fused-ring (bicyclic) bond motifs is 3.